The van der Waals surface area contributed by atoms with Crippen LogP contribution in [0.3, 0.4) is 0 Å². The maximum absolute atomic E-state index is 12.0. The average Bonchev–Trinajstić information content (AvgIpc) is 3.39. The van der Waals surface area contributed by atoms with E-state index in [4.69, 9.17) is 14.2 Å². The van der Waals surface area contributed by atoms with Gasteiger partial charge in [0.05, 0.1) is 25.6 Å². The van der Waals surface area contributed by atoms with E-state index in [0.29, 0.717) is 45.4 Å². The average molecular weight is 499 g/mol. The minimum absolute atomic E-state index is 0.211. The fourth-order valence-corrected chi connectivity index (χ4v) is 3.88. The first kappa shape index (κ1) is 30.3. The number of esters is 2. The highest BCUT2D eigenvalue weighted by Crippen LogP contribution is 2.36. The number of rotatable bonds is 4. The number of amides is 2. The first-order valence-electron chi connectivity index (χ1n) is 11.8. The van der Waals surface area contributed by atoms with Gasteiger partial charge in [-0.1, -0.05) is 6.08 Å². The zero-order valence-corrected chi connectivity index (χ0v) is 22.5. The molecule has 2 atom stereocenters. The van der Waals surface area contributed by atoms with Crippen LogP contribution in [-0.4, -0.2) is 85.5 Å². The van der Waals surface area contributed by atoms with E-state index >= 15 is 0 Å². The Labute approximate surface area is 208 Å². The third kappa shape index (κ3) is 9.41. The Kier molecular flexibility index (Phi) is 10.6. The van der Waals surface area contributed by atoms with Crippen molar-refractivity contribution in [3.63, 3.8) is 0 Å². The summed E-state index contributed by atoms with van der Waals surface area (Å²) in [6.07, 6.45) is 2.66. The first-order chi connectivity index (χ1) is 16.1. The van der Waals surface area contributed by atoms with Crippen LogP contribution >= 0.6 is 0 Å². The first-order valence-corrected chi connectivity index (χ1v) is 11.8. The molecule has 200 valence electrons. The topological polar surface area (TPSA) is 112 Å². The highest BCUT2D eigenvalue weighted by atomic mass is 16.6. The van der Waals surface area contributed by atoms with Crippen molar-refractivity contribution in [2.24, 2.45) is 11.3 Å². The number of nitrogens with zero attached hydrogens (tertiary/aromatic N) is 2. The highest BCUT2D eigenvalue weighted by molar-refractivity contribution is 5.79. The van der Waals surface area contributed by atoms with Crippen LogP contribution in [0.1, 0.15) is 60.8 Å². The molecular weight excluding hydrogens is 456 g/mol. The van der Waals surface area contributed by atoms with Crippen LogP contribution in [0.4, 0.5) is 9.59 Å². The molecule has 0 aromatic rings. The summed E-state index contributed by atoms with van der Waals surface area (Å²) in [5.74, 6) is -0.762. The van der Waals surface area contributed by atoms with Crippen molar-refractivity contribution in [1.29, 1.82) is 0 Å². The normalized spacial score (nSPS) is 22.0. The van der Waals surface area contributed by atoms with Gasteiger partial charge in [0.25, 0.3) is 0 Å². The molecule has 0 N–H and O–H groups in total. The fourth-order valence-electron chi connectivity index (χ4n) is 3.88. The Balaban J connectivity index is 0.000000355. The summed E-state index contributed by atoms with van der Waals surface area (Å²) in [7, 11) is 2.72. The highest BCUT2D eigenvalue weighted by Gasteiger charge is 2.47. The Morgan fingerprint density at radius 2 is 1.46 bits per heavy atom. The van der Waals surface area contributed by atoms with Crippen LogP contribution in [0.2, 0.25) is 0 Å². The molecule has 0 aromatic carbocycles. The van der Waals surface area contributed by atoms with Gasteiger partial charge in [0.2, 0.25) is 0 Å². The zero-order valence-electron chi connectivity index (χ0n) is 22.5. The SMILES string of the molecule is C=CCC1(C(=O)OC)CCN(C(=O)OC(C)(C)C)C1.COC(=O)C1CCN(C(=O)OC(C)(C)C)C1. The quantitative estimate of drug-likeness (QED) is 0.327. The smallest absolute Gasteiger partial charge is 0.410 e. The number of hydrogen-bond donors (Lipinski definition) is 0. The van der Waals surface area contributed by atoms with Crippen LogP contribution in [0, 0.1) is 11.3 Å². The molecule has 0 aromatic heterocycles. The third-order valence-electron chi connectivity index (χ3n) is 5.53. The largest absolute Gasteiger partial charge is 0.469 e. The second kappa shape index (κ2) is 12.3. The van der Waals surface area contributed by atoms with E-state index < -0.39 is 16.6 Å². The standard InChI is InChI=1S/C14H23NO4.C11H19NO4/c1-6-7-14(11(16)18-5)8-9-15(10-14)12(17)19-13(2,3)4;1-11(2,3)16-10(14)12-6-5-8(7-12)9(13)15-4/h6H,1,7-10H2,2-5H3;8H,5-7H2,1-4H3. The van der Waals surface area contributed by atoms with Crippen molar-refractivity contribution in [2.75, 3.05) is 40.4 Å². The molecule has 0 saturated carbocycles. The molecule has 0 radical (unpaired) electrons. The zero-order chi connectivity index (χ0) is 27.0. The molecule has 2 amide bonds. The second-order valence-electron chi connectivity index (χ2n) is 10.9. The van der Waals surface area contributed by atoms with Crippen molar-refractivity contribution in [3.8, 4) is 0 Å². The van der Waals surface area contributed by atoms with Gasteiger partial charge in [-0.25, -0.2) is 9.59 Å². The molecule has 0 spiro atoms. The van der Waals surface area contributed by atoms with Gasteiger partial charge in [-0.3, -0.25) is 9.59 Å². The van der Waals surface area contributed by atoms with Gasteiger partial charge in [-0.05, 0) is 60.8 Å². The summed E-state index contributed by atoms with van der Waals surface area (Å²) >= 11 is 0. The van der Waals surface area contributed by atoms with Gasteiger partial charge >= 0.3 is 24.1 Å². The lowest BCUT2D eigenvalue weighted by Crippen LogP contribution is -2.39. The van der Waals surface area contributed by atoms with Gasteiger partial charge in [-0.15, -0.1) is 6.58 Å². The van der Waals surface area contributed by atoms with Crippen molar-refractivity contribution in [2.45, 2.75) is 72.0 Å². The summed E-state index contributed by atoms with van der Waals surface area (Å²) in [5.41, 5.74) is -1.71. The molecule has 2 rings (SSSR count). The van der Waals surface area contributed by atoms with E-state index in [1.165, 1.54) is 14.2 Å². The fraction of sp³-hybridized carbons (Fsp3) is 0.760. The molecule has 2 fully saturated rings. The van der Waals surface area contributed by atoms with Crippen LogP contribution < -0.4 is 0 Å². The predicted molar refractivity (Wildman–Crippen MR) is 130 cm³/mol. The number of methoxy groups -OCH3 is 2. The lowest BCUT2D eigenvalue weighted by atomic mass is 9.84. The van der Waals surface area contributed by atoms with E-state index in [1.54, 1.807) is 15.9 Å². The van der Waals surface area contributed by atoms with E-state index in [0.717, 1.165) is 0 Å². The van der Waals surface area contributed by atoms with Crippen LogP contribution in [0.25, 0.3) is 0 Å². The second-order valence-corrected chi connectivity index (χ2v) is 10.9. The van der Waals surface area contributed by atoms with Gasteiger partial charge in [-0.2, -0.15) is 0 Å². The maximum atomic E-state index is 12.0. The summed E-state index contributed by atoms with van der Waals surface area (Å²) in [5, 5.41) is 0. The summed E-state index contributed by atoms with van der Waals surface area (Å²) < 4.78 is 20.0. The van der Waals surface area contributed by atoms with Crippen molar-refractivity contribution in [3.05, 3.63) is 12.7 Å². The van der Waals surface area contributed by atoms with Gasteiger partial charge in [0.1, 0.15) is 11.2 Å². The van der Waals surface area contributed by atoms with E-state index in [-0.39, 0.29) is 30.0 Å². The summed E-state index contributed by atoms with van der Waals surface area (Å²) in [6.45, 7) is 16.3. The van der Waals surface area contributed by atoms with Gasteiger partial charge in [0, 0.05) is 26.2 Å². The van der Waals surface area contributed by atoms with Gasteiger partial charge in [0.15, 0.2) is 0 Å². The monoisotopic (exact) mass is 498 g/mol. The Morgan fingerprint density at radius 3 is 1.91 bits per heavy atom. The molecule has 2 aliphatic heterocycles. The number of likely N-dealkylation sites (tertiary alicyclic amines) is 2. The van der Waals surface area contributed by atoms with Crippen LogP contribution in [-0.2, 0) is 28.5 Å². The number of carbonyl (C=O) groups is 4. The van der Waals surface area contributed by atoms with Gasteiger partial charge < -0.3 is 28.7 Å². The molecular formula is C25H42N2O8. The van der Waals surface area contributed by atoms with Crippen molar-refractivity contribution < 1.29 is 38.1 Å². The van der Waals surface area contributed by atoms with Crippen molar-refractivity contribution >= 4 is 24.1 Å². The van der Waals surface area contributed by atoms with Crippen molar-refractivity contribution in [1.82, 2.24) is 9.80 Å². The molecule has 2 aliphatic rings. The number of carbonyl (C=O) groups excluding carboxylic acids is 4. The number of hydrogen-bond acceptors (Lipinski definition) is 8. The van der Waals surface area contributed by atoms with E-state index in [9.17, 15) is 19.2 Å². The summed E-state index contributed by atoms with van der Waals surface area (Å²) in [6, 6.07) is 0. The minimum atomic E-state index is -0.673. The molecule has 2 heterocycles. The Bertz CT molecular complexity index is 783. The van der Waals surface area contributed by atoms with Crippen LogP contribution in [0.15, 0.2) is 12.7 Å². The molecule has 0 aliphatic carbocycles. The Hall–Kier alpha value is -2.78. The predicted octanol–water partition coefficient (Wildman–Crippen LogP) is 3.78. The van der Waals surface area contributed by atoms with E-state index in [2.05, 4.69) is 11.3 Å². The lowest BCUT2D eigenvalue weighted by Gasteiger charge is -2.27. The molecule has 2 saturated heterocycles. The number of allylic oxidation sites excluding steroid dienone is 1. The van der Waals surface area contributed by atoms with Crippen LogP contribution in [0.5, 0.6) is 0 Å². The molecule has 10 nitrogen and oxygen atoms in total. The van der Waals surface area contributed by atoms with E-state index in [1.807, 2.05) is 41.5 Å². The maximum Gasteiger partial charge on any atom is 0.410 e. The number of ether oxygens (including phenoxy) is 4. The summed E-state index contributed by atoms with van der Waals surface area (Å²) in [4.78, 5) is 50.0. The Morgan fingerprint density at radius 1 is 0.914 bits per heavy atom. The molecule has 2 unspecified atom stereocenters. The molecule has 35 heavy (non-hydrogen) atoms. The lowest BCUT2D eigenvalue weighted by molar-refractivity contribution is -0.151. The minimum Gasteiger partial charge on any atom is -0.469 e. The molecule has 0 bridgehead atoms. The third-order valence-corrected chi connectivity index (χ3v) is 5.53. The molecule has 10 heteroatoms.